The first-order valence-electron chi connectivity index (χ1n) is 13.1. The molecule has 0 aliphatic carbocycles. The number of nitrogens with zero attached hydrogens (tertiary/aromatic N) is 2. The molecule has 0 saturated carbocycles. The molecular formula is C29H32F4N4O4. The lowest BCUT2D eigenvalue weighted by molar-refractivity contribution is -0.140. The molecule has 220 valence electrons. The largest absolute Gasteiger partial charge is 0.495 e. The van der Waals surface area contributed by atoms with Gasteiger partial charge in [0.15, 0.2) is 0 Å². The van der Waals surface area contributed by atoms with Gasteiger partial charge in [0.1, 0.15) is 18.5 Å². The van der Waals surface area contributed by atoms with Gasteiger partial charge < -0.3 is 30.2 Å². The van der Waals surface area contributed by atoms with Crippen molar-refractivity contribution >= 4 is 28.2 Å². The molecule has 12 heteroatoms. The highest BCUT2D eigenvalue weighted by atomic mass is 19.4. The number of rotatable bonds is 9. The average Bonchev–Trinajstić information content (AvgIpc) is 3.24. The third-order valence-corrected chi connectivity index (χ3v) is 6.80. The number of β-amino-alcohol motifs (C(OH)–C–C–N with tert-alkyl or cyclic N) is 1. The summed E-state index contributed by atoms with van der Waals surface area (Å²) in [4.78, 5) is 13.0. The Bertz CT molecular complexity index is 1440. The molecule has 4 rings (SSSR count). The van der Waals surface area contributed by atoms with Crippen LogP contribution in [0.25, 0.3) is 10.9 Å². The van der Waals surface area contributed by atoms with Crippen molar-refractivity contribution in [1.82, 2.24) is 9.47 Å². The molecule has 2 heterocycles. The molecular weight excluding hydrogens is 544 g/mol. The number of methoxy groups -OCH3 is 1. The molecule has 0 unspecified atom stereocenters. The molecule has 1 aromatic heterocycles. The lowest BCUT2D eigenvalue weighted by Crippen LogP contribution is -2.49. The summed E-state index contributed by atoms with van der Waals surface area (Å²) in [7, 11) is 1.39. The molecule has 8 nitrogen and oxygen atoms in total. The second-order valence-electron chi connectivity index (χ2n) is 10.0. The number of aliphatic hydroxyl groups is 1. The standard InChI is InChI=1S/C29H32F4N4O4/c1-18(38)15-36-12-10-24(22(30)16-36)35-23-6-3-7-26-21(23)14-20(37(26)17-29(31,32)33)5-4-11-34-25-9-8-19(28(39)40)13-27(25)41-2/h3,6-9,13-14,18,22,24,34-35,38H,10-12,15-17H2,1-2H3,(H,39,40)/t18-,22-,24+/m0/s1. The predicted molar refractivity (Wildman–Crippen MR) is 148 cm³/mol. The minimum absolute atomic E-state index is 0.0453. The zero-order chi connectivity index (χ0) is 29.7. The summed E-state index contributed by atoms with van der Waals surface area (Å²) < 4.78 is 61.9. The van der Waals surface area contributed by atoms with Crippen molar-refractivity contribution in [2.24, 2.45) is 0 Å². The molecule has 4 N–H and O–H groups in total. The Balaban J connectivity index is 1.57. The summed E-state index contributed by atoms with van der Waals surface area (Å²) in [6.45, 7) is 1.57. The van der Waals surface area contributed by atoms with Crippen LogP contribution in [0.15, 0.2) is 42.5 Å². The van der Waals surface area contributed by atoms with Gasteiger partial charge in [-0.2, -0.15) is 13.2 Å². The van der Waals surface area contributed by atoms with Crippen LogP contribution in [0.5, 0.6) is 5.75 Å². The minimum Gasteiger partial charge on any atom is -0.495 e. The fraction of sp³-hybridized carbons (Fsp3) is 0.414. The molecule has 0 radical (unpaired) electrons. The Kier molecular flexibility index (Phi) is 9.30. The zero-order valence-corrected chi connectivity index (χ0v) is 22.6. The molecule has 2 aromatic carbocycles. The first-order valence-corrected chi connectivity index (χ1v) is 13.1. The van der Waals surface area contributed by atoms with Crippen LogP contribution < -0.4 is 15.4 Å². The number of aromatic nitrogens is 1. The maximum absolute atomic E-state index is 15.0. The first-order chi connectivity index (χ1) is 19.4. The van der Waals surface area contributed by atoms with Gasteiger partial charge in [0.25, 0.3) is 0 Å². The number of carboxylic acid groups (broad SMARTS) is 1. The van der Waals surface area contributed by atoms with Crippen molar-refractivity contribution in [3.63, 3.8) is 0 Å². The highest BCUT2D eigenvalue weighted by Gasteiger charge is 2.32. The number of anilines is 2. The Labute approximate surface area is 234 Å². The lowest BCUT2D eigenvalue weighted by atomic mass is 10.0. The number of carboxylic acids is 1. The number of likely N-dealkylation sites (tertiary alicyclic amines) is 1. The van der Waals surface area contributed by atoms with Crippen LogP contribution in [-0.2, 0) is 6.54 Å². The number of fused-ring (bicyclic) bond motifs is 1. The van der Waals surface area contributed by atoms with Crippen molar-refractivity contribution in [3.05, 3.63) is 53.7 Å². The van der Waals surface area contributed by atoms with Crippen molar-refractivity contribution in [2.75, 3.05) is 43.9 Å². The van der Waals surface area contributed by atoms with Crippen LogP contribution in [0.4, 0.5) is 28.9 Å². The van der Waals surface area contributed by atoms with Gasteiger partial charge in [0.2, 0.25) is 0 Å². The smallest absolute Gasteiger partial charge is 0.406 e. The fourth-order valence-corrected chi connectivity index (χ4v) is 4.98. The molecule has 1 fully saturated rings. The van der Waals surface area contributed by atoms with E-state index in [1.54, 1.807) is 31.2 Å². The number of benzene rings is 2. The van der Waals surface area contributed by atoms with E-state index in [0.717, 1.165) is 4.57 Å². The molecule has 3 atom stereocenters. The van der Waals surface area contributed by atoms with E-state index >= 15 is 0 Å². The maximum Gasteiger partial charge on any atom is 0.406 e. The topological polar surface area (TPSA) is 99.0 Å². The van der Waals surface area contributed by atoms with E-state index in [1.165, 1.54) is 25.3 Å². The number of ether oxygens (including phenoxy) is 1. The lowest BCUT2D eigenvalue weighted by Gasteiger charge is -2.36. The van der Waals surface area contributed by atoms with Crippen LogP contribution >= 0.6 is 0 Å². The predicted octanol–water partition coefficient (Wildman–Crippen LogP) is 4.58. The second kappa shape index (κ2) is 12.7. The first kappa shape index (κ1) is 30.0. The van der Waals surface area contributed by atoms with Gasteiger partial charge in [-0.1, -0.05) is 12.0 Å². The van der Waals surface area contributed by atoms with Gasteiger partial charge in [0, 0.05) is 30.7 Å². The number of aromatic carboxylic acids is 1. The van der Waals surface area contributed by atoms with Crippen LogP contribution in [0.2, 0.25) is 0 Å². The number of alkyl halides is 4. The Morgan fingerprint density at radius 3 is 2.66 bits per heavy atom. The number of piperidine rings is 1. The summed E-state index contributed by atoms with van der Waals surface area (Å²) in [6, 6.07) is 10.2. The van der Waals surface area contributed by atoms with Crippen molar-refractivity contribution < 1.29 is 37.3 Å². The van der Waals surface area contributed by atoms with Gasteiger partial charge in [-0.05, 0) is 55.7 Å². The molecule has 1 saturated heterocycles. The summed E-state index contributed by atoms with van der Waals surface area (Å²) in [5, 5.41) is 25.4. The summed E-state index contributed by atoms with van der Waals surface area (Å²) in [5.74, 6) is 4.82. The van der Waals surface area contributed by atoms with Gasteiger partial charge in [-0.3, -0.25) is 4.90 Å². The van der Waals surface area contributed by atoms with Crippen molar-refractivity contribution in [1.29, 1.82) is 0 Å². The van der Waals surface area contributed by atoms with E-state index in [9.17, 15) is 27.5 Å². The Morgan fingerprint density at radius 1 is 1.22 bits per heavy atom. The molecule has 0 bridgehead atoms. The summed E-state index contributed by atoms with van der Waals surface area (Å²) in [5.41, 5.74) is 1.51. The van der Waals surface area contributed by atoms with Crippen LogP contribution in [0.3, 0.4) is 0 Å². The van der Waals surface area contributed by atoms with E-state index in [2.05, 4.69) is 22.5 Å². The molecule has 0 amide bonds. The van der Waals surface area contributed by atoms with Crippen LogP contribution in [-0.4, -0.2) is 83.4 Å². The third kappa shape index (κ3) is 7.62. The van der Waals surface area contributed by atoms with E-state index in [4.69, 9.17) is 9.84 Å². The Morgan fingerprint density at radius 2 is 2.00 bits per heavy atom. The Hall–Kier alpha value is -3.95. The number of halogens is 4. The van der Waals surface area contributed by atoms with E-state index in [0.29, 0.717) is 41.8 Å². The fourth-order valence-electron chi connectivity index (χ4n) is 4.98. The molecule has 41 heavy (non-hydrogen) atoms. The van der Waals surface area contributed by atoms with Crippen molar-refractivity contribution in [2.45, 2.75) is 44.4 Å². The van der Waals surface area contributed by atoms with Gasteiger partial charge >= 0.3 is 12.1 Å². The third-order valence-electron chi connectivity index (χ3n) is 6.80. The molecule has 1 aliphatic heterocycles. The SMILES string of the molecule is COc1cc(C(=O)O)ccc1NCC#Cc1cc2c(N[C@@H]3CCN(C[C@H](C)O)C[C@@H]3F)cccc2n1CC(F)(F)F. The molecule has 0 spiro atoms. The summed E-state index contributed by atoms with van der Waals surface area (Å²) >= 11 is 0. The van der Waals surface area contributed by atoms with Crippen LogP contribution in [0, 0.1) is 11.8 Å². The number of hydrogen-bond acceptors (Lipinski definition) is 6. The van der Waals surface area contributed by atoms with Crippen molar-refractivity contribution in [3.8, 4) is 17.6 Å². The number of aliphatic hydroxyl groups excluding tert-OH is 1. The van der Waals surface area contributed by atoms with E-state index < -0.39 is 37.0 Å². The number of nitrogens with one attached hydrogen (secondary N) is 2. The van der Waals surface area contributed by atoms with Gasteiger partial charge in [0.05, 0.1) is 48.3 Å². The van der Waals surface area contributed by atoms with E-state index in [1.807, 2.05) is 4.90 Å². The second-order valence-corrected chi connectivity index (χ2v) is 10.0. The van der Waals surface area contributed by atoms with E-state index in [-0.39, 0.29) is 30.1 Å². The number of carbonyl (C=O) groups is 1. The summed E-state index contributed by atoms with van der Waals surface area (Å²) in [6.07, 6.45) is -5.81. The quantitative estimate of drug-likeness (QED) is 0.219. The maximum atomic E-state index is 15.0. The normalized spacial score (nSPS) is 18.4. The highest BCUT2D eigenvalue weighted by molar-refractivity contribution is 5.94. The highest BCUT2D eigenvalue weighted by Crippen LogP contribution is 2.32. The van der Waals surface area contributed by atoms with Gasteiger partial charge in [-0.15, -0.1) is 0 Å². The minimum atomic E-state index is -4.50. The van der Waals surface area contributed by atoms with Gasteiger partial charge in [-0.25, -0.2) is 9.18 Å². The molecule has 3 aromatic rings. The zero-order valence-electron chi connectivity index (χ0n) is 22.6. The van der Waals surface area contributed by atoms with Crippen LogP contribution in [0.1, 0.15) is 29.4 Å². The number of hydrogen-bond donors (Lipinski definition) is 4. The average molecular weight is 577 g/mol. The molecule has 1 aliphatic rings. The monoisotopic (exact) mass is 576 g/mol.